The van der Waals surface area contributed by atoms with Gasteiger partial charge >= 0.3 is 5.97 Å². The van der Waals surface area contributed by atoms with Gasteiger partial charge in [-0.2, -0.15) is 11.8 Å². The average molecular weight is 293 g/mol. The second kappa shape index (κ2) is 7.33. The summed E-state index contributed by atoms with van der Waals surface area (Å²) in [4.78, 5) is 23.4. The van der Waals surface area contributed by atoms with E-state index in [4.69, 9.17) is 0 Å². The van der Waals surface area contributed by atoms with Crippen molar-refractivity contribution in [3.63, 3.8) is 0 Å². The molecular weight excluding hydrogens is 274 g/mol. The van der Waals surface area contributed by atoms with Crippen LogP contribution in [0.4, 0.5) is 0 Å². The Hall–Kier alpha value is -1.49. The second-order valence-corrected chi connectivity index (χ2v) is 6.16. The number of hydrogen-bond acceptors (Lipinski definition) is 3. The molecule has 2 N–H and O–H groups in total. The van der Waals surface area contributed by atoms with Crippen LogP contribution in [-0.2, 0) is 9.59 Å². The number of nitrogens with one attached hydrogen (secondary N) is 1. The van der Waals surface area contributed by atoms with Gasteiger partial charge in [0.2, 0.25) is 5.91 Å². The molecule has 1 atom stereocenters. The van der Waals surface area contributed by atoms with E-state index < -0.39 is 11.9 Å². The van der Waals surface area contributed by atoms with Crippen LogP contribution >= 0.6 is 11.8 Å². The molecule has 0 aliphatic carbocycles. The van der Waals surface area contributed by atoms with Crippen molar-refractivity contribution in [2.45, 2.75) is 18.8 Å². The van der Waals surface area contributed by atoms with Crippen molar-refractivity contribution in [3.05, 3.63) is 35.9 Å². The third-order valence-electron chi connectivity index (χ3n) is 3.57. The lowest BCUT2D eigenvalue weighted by atomic mass is 9.98. The van der Waals surface area contributed by atoms with Crippen molar-refractivity contribution in [3.8, 4) is 0 Å². The standard InChI is InChI=1S/C15H19NO3S/c17-14(12-6-8-20-9-7-12)16-10-13(15(18)19)11-4-2-1-3-5-11/h1-5,12-13H,6-10H2,(H,16,17)(H,18,19). The van der Waals surface area contributed by atoms with Gasteiger partial charge in [-0.1, -0.05) is 30.3 Å². The lowest BCUT2D eigenvalue weighted by molar-refractivity contribution is -0.138. The molecule has 0 spiro atoms. The molecule has 20 heavy (non-hydrogen) atoms. The molecule has 5 heteroatoms. The number of thioether (sulfide) groups is 1. The van der Waals surface area contributed by atoms with E-state index in [1.807, 2.05) is 30.0 Å². The Bertz CT molecular complexity index is 457. The summed E-state index contributed by atoms with van der Waals surface area (Å²) in [6.07, 6.45) is 1.78. The third kappa shape index (κ3) is 4.00. The quantitative estimate of drug-likeness (QED) is 0.872. The highest BCUT2D eigenvalue weighted by atomic mass is 32.2. The van der Waals surface area contributed by atoms with Gasteiger partial charge in [-0.15, -0.1) is 0 Å². The zero-order valence-corrected chi connectivity index (χ0v) is 12.1. The zero-order chi connectivity index (χ0) is 14.4. The van der Waals surface area contributed by atoms with Crippen molar-refractivity contribution in [2.75, 3.05) is 18.1 Å². The summed E-state index contributed by atoms with van der Waals surface area (Å²) >= 11 is 1.87. The summed E-state index contributed by atoms with van der Waals surface area (Å²) in [5.74, 6) is 0.473. The highest BCUT2D eigenvalue weighted by Gasteiger charge is 2.24. The molecule has 1 heterocycles. The van der Waals surface area contributed by atoms with Gasteiger partial charge in [-0.25, -0.2) is 0 Å². The fourth-order valence-corrected chi connectivity index (χ4v) is 3.45. The Labute approximate surface area is 123 Å². The maximum Gasteiger partial charge on any atom is 0.312 e. The van der Waals surface area contributed by atoms with Crippen LogP contribution in [0.3, 0.4) is 0 Å². The number of carbonyl (C=O) groups excluding carboxylic acids is 1. The highest BCUT2D eigenvalue weighted by Crippen LogP contribution is 2.23. The summed E-state index contributed by atoms with van der Waals surface area (Å²) in [5.41, 5.74) is 0.722. The van der Waals surface area contributed by atoms with Crippen LogP contribution in [0.2, 0.25) is 0 Å². The molecule has 2 rings (SSSR count). The lowest BCUT2D eigenvalue weighted by Gasteiger charge is -2.21. The van der Waals surface area contributed by atoms with E-state index in [1.165, 1.54) is 0 Å². The smallest absolute Gasteiger partial charge is 0.312 e. The van der Waals surface area contributed by atoms with Crippen molar-refractivity contribution in [1.82, 2.24) is 5.32 Å². The van der Waals surface area contributed by atoms with E-state index in [0.29, 0.717) is 0 Å². The van der Waals surface area contributed by atoms with Crippen molar-refractivity contribution < 1.29 is 14.7 Å². The SMILES string of the molecule is O=C(NCC(C(=O)O)c1ccccc1)C1CCSCC1. The topological polar surface area (TPSA) is 66.4 Å². The van der Waals surface area contributed by atoms with Gasteiger partial charge < -0.3 is 10.4 Å². The molecule has 1 amide bonds. The highest BCUT2D eigenvalue weighted by molar-refractivity contribution is 7.99. The minimum atomic E-state index is -0.907. The van der Waals surface area contributed by atoms with Crippen molar-refractivity contribution in [1.29, 1.82) is 0 Å². The van der Waals surface area contributed by atoms with Crippen LogP contribution in [0, 0.1) is 5.92 Å². The maximum atomic E-state index is 12.0. The van der Waals surface area contributed by atoms with Gasteiger partial charge in [0.25, 0.3) is 0 Å². The maximum absolute atomic E-state index is 12.0. The van der Waals surface area contributed by atoms with Gasteiger partial charge in [0.15, 0.2) is 0 Å². The van der Waals surface area contributed by atoms with Gasteiger partial charge in [0.05, 0.1) is 5.92 Å². The van der Waals surface area contributed by atoms with Crippen LogP contribution in [0.5, 0.6) is 0 Å². The van der Waals surface area contributed by atoms with Crippen molar-refractivity contribution >= 4 is 23.6 Å². The fourth-order valence-electron chi connectivity index (χ4n) is 2.34. The average Bonchev–Trinajstić information content (AvgIpc) is 2.49. The summed E-state index contributed by atoms with van der Waals surface area (Å²) in [6, 6.07) is 9.03. The van der Waals surface area contributed by atoms with Gasteiger partial charge in [0, 0.05) is 12.5 Å². The second-order valence-electron chi connectivity index (χ2n) is 4.93. The van der Waals surface area contributed by atoms with E-state index >= 15 is 0 Å². The molecule has 0 saturated carbocycles. The van der Waals surface area contributed by atoms with E-state index in [9.17, 15) is 14.7 Å². The largest absolute Gasteiger partial charge is 0.481 e. The molecule has 0 aromatic heterocycles. The van der Waals surface area contributed by atoms with Crippen LogP contribution in [0.1, 0.15) is 24.3 Å². The number of benzene rings is 1. The lowest BCUT2D eigenvalue weighted by Crippen LogP contribution is -2.37. The molecule has 1 aromatic carbocycles. The summed E-state index contributed by atoms with van der Waals surface area (Å²) in [6.45, 7) is 0.155. The first-order chi connectivity index (χ1) is 9.68. The Balaban J connectivity index is 1.92. The Morgan fingerprint density at radius 1 is 1.25 bits per heavy atom. The Morgan fingerprint density at radius 3 is 2.50 bits per heavy atom. The Morgan fingerprint density at radius 2 is 1.90 bits per heavy atom. The Kier molecular flexibility index (Phi) is 5.47. The predicted molar refractivity (Wildman–Crippen MR) is 79.9 cm³/mol. The number of carboxylic acid groups (broad SMARTS) is 1. The molecular formula is C15H19NO3S. The van der Waals surface area contributed by atoms with Crippen LogP contribution in [0.25, 0.3) is 0 Å². The van der Waals surface area contributed by atoms with Gasteiger partial charge in [0.1, 0.15) is 0 Å². The first kappa shape index (κ1) is 14.9. The first-order valence-corrected chi connectivity index (χ1v) is 7.97. The monoisotopic (exact) mass is 293 g/mol. The first-order valence-electron chi connectivity index (χ1n) is 6.81. The minimum absolute atomic E-state index is 0.00696. The molecule has 0 bridgehead atoms. The molecule has 1 saturated heterocycles. The van der Waals surface area contributed by atoms with E-state index in [1.54, 1.807) is 12.1 Å². The number of rotatable bonds is 5. The minimum Gasteiger partial charge on any atom is -0.481 e. The molecule has 0 radical (unpaired) electrons. The summed E-state index contributed by atoms with van der Waals surface area (Å²) < 4.78 is 0. The van der Waals surface area contributed by atoms with Crippen molar-refractivity contribution in [2.24, 2.45) is 5.92 Å². The molecule has 1 aliphatic heterocycles. The number of carbonyl (C=O) groups is 2. The zero-order valence-electron chi connectivity index (χ0n) is 11.2. The van der Waals surface area contributed by atoms with E-state index in [-0.39, 0.29) is 18.4 Å². The fraction of sp³-hybridized carbons (Fsp3) is 0.467. The predicted octanol–water partition coefficient (Wildman–Crippen LogP) is 2.11. The molecule has 1 aromatic rings. The van der Waals surface area contributed by atoms with Crippen LogP contribution in [-0.4, -0.2) is 35.0 Å². The van der Waals surface area contributed by atoms with Crippen LogP contribution in [0.15, 0.2) is 30.3 Å². The van der Waals surface area contributed by atoms with Crippen LogP contribution < -0.4 is 5.32 Å². The molecule has 1 fully saturated rings. The number of hydrogen-bond donors (Lipinski definition) is 2. The van der Waals surface area contributed by atoms with Gasteiger partial charge in [-0.3, -0.25) is 9.59 Å². The van der Waals surface area contributed by atoms with E-state index in [0.717, 1.165) is 29.9 Å². The normalized spacial score (nSPS) is 17.4. The summed E-state index contributed by atoms with van der Waals surface area (Å²) in [7, 11) is 0. The number of aliphatic carboxylic acids is 1. The molecule has 1 unspecified atom stereocenters. The molecule has 4 nitrogen and oxygen atoms in total. The molecule has 1 aliphatic rings. The van der Waals surface area contributed by atoms with Gasteiger partial charge in [-0.05, 0) is 29.9 Å². The third-order valence-corrected chi connectivity index (χ3v) is 4.62. The number of carboxylic acids is 1. The number of amides is 1. The van der Waals surface area contributed by atoms with E-state index in [2.05, 4.69) is 5.32 Å². The molecule has 108 valence electrons. The summed E-state index contributed by atoms with van der Waals surface area (Å²) in [5, 5.41) is 12.1.